The second-order valence-electron chi connectivity index (χ2n) is 5.40. The van der Waals surface area contributed by atoms with Gasteiger partial charge in [0.05, 0.1) is 7.11 Å². The van der Waals surface area contributed by atoms with Crippen LogP contribution in [0.4, 0.5) is 5.69 Å². The van der Waals surface area contributed by atoms with Crippen LogP contribution >= 0.6 is 0 Å². The van der Waals surface area contributed by atoms with Gasteiger partial charge in [-0.3, -0.25) is 4.79 Å². The molecule has 0 aliphatic carbocycles. The van der Waals surface area contributed by atoms with Gasteiger partial charge in [-0.25, -0.2) is 0 Å². The predicted molar refractivity (Wildman–Crippen MR) is 87.9 cm³/mol. The van der Waals surface area contributed by atoms with Crippen molar-refractivity contribution in [3.63, 3.8) is 0 Å². The maximum atomic E-state index is 12.6. The molecule has 5 nitrogen and oxygen atoms in total. The average molecular weight is 313 g/mol. The molecule has 0 saturated heterocycles. The van der Waals surface area contributed by atoms with E-state index in [1.165, 1.54) is 0 Å². The van der Waals surface area contributed by atoms with Crippen LogP contribution in [0.1, 0.15) is 21.5 Å². The summed E-state index contributed by atoms with van der Waals surface area (Å²) in [4.78, 5) is 12.6. The average Bonchev–Trinajstić information content (AvgIpc) is 2.57. The minimum atomic E-state index is -0.214. The largest absolute Gasteiger partial charge is 0.493 e. The van der Waals surface area contributed by atoms with Gasteiger partial charge >= 0.3 is 0 Å². The molecular formula is C18H19NO4. The second-order valence-corrected chi connectivity index (χ2v) is 5.40. The number of amides is 1. The summed E-state index contributed by atoms with van der Waals surface area (Å²) in [6.07, 6.45) is 0. The van der Waals surface area contributed by atoms with Crippen molar-refractivity contribution in [2.24, 2.45) is 0 Å². The number of nitrogens with one attached hydrogen (secondary N) is 1. The zero-order chi connectivity index (χ0) is 16.4. The van der Waals surface area contributed by atoms with Crippen molar-refractivity contribution in [3.8, 4) is 17.2 Å². The summed E-state index contributed by atoms with van der Waals surface area (Å²) in [6.45, 7) is 4.92. The lowest BCUT2D eigenvalue weighted by Gasteiger charge is -2.21. The van der Waals surface area contributed by atoms with Gasteiger partial charge in [-0.15, -0.1) is 0 Å². The molecule has 2 aromatic carbocycles. The topological polar surface area (TPSA) is 56.8 Å². The van der Waals surface area contributed by atoms with Crippen molar-refractivity contribution in [3.05, 3.63) is 47.0 Å². The summed E-state index contributed by atoms with van der Waals surface area (Å²) in [6, 6.07) is 9.15. The van der Waals surface area contributed by atoms with Crippen LogP contribution in [-0.2, 0) is 0 Å². The zero-order valence-electron chi connectivity index (χ0n) is 13.4. The first-order valence-corrected chi connectivity index (χ1v) is 7.45. The Balaban J connectivity index is 1.92. The van der Waals surface area contributed by atoms with E-state index in [2.05, 4.69) is 5.32 Å². The van der Waals surface area contributed by atoms with Crippen molar-refractivity contribution in [1.29, 1.82) is 0 Å². The van der Waals surface area contributed by atoms with E-state index in [1.54, 1.807) is 19.2 Å². The molecule has 1 aliphatic rings. The number of fused-ring (bicyclic) bond motifs is 1. The van der Waals surface area contributed by atoms with Gasteiger partial charge in [0.1, 0.15) is 13.2 Å². The molecule has 5 heteroatoms. The van der Waals surface area contributed by atoms with Gasteiger partial charge in [-0.05, 0) is 43.2 Å². The third-order valence-electron chi connectivity index (χ3n) is 3.94. The maximum absolute atomic E-state index is 12.6. The lowest BCUT2D eigenvalue weighted by atomic mass is 10.1. The Labute approximate surface area is 135 Å². The number of carbonyl (C=O) groups excluding carboxylic acids is 1. The fraction of sp³-hybridized carbons (Fsp3) is 0.278. The number of carbonyl (C=O) groups is 1. The van der Waals surface area contributed by atoms with E-state index in [0.29, 0.717) is 36.0 Å². The van der Waals surface area contributed by atoms with Crippen LogP contribution in [0, 0.1) is 13.8 Å². The minimum Gasteiger partial charge on any atom is -0.493 e. The molecule has 0 saturated carbocycles. The molecule has 1 aliphatic heterocycles. The quantitative estimate of drug-likeness (QED) is 0.944. The van der Waals surface area contributed by atoms with Crippen molar-refractivity contribution in [2.45, 2.75) is 13.8 Å². The SMILES string of the molecule is COc1cc(C(=O)Nc2cccc(C)c2C)cc2c1OCCO2. The second kappa shape index (κ2) is 6.20. The van der Waals surface area contributed by atoms with Crippen molar-refractivity contribution in [1.82, 2.24) is 0 Å². The number of benzene rings is 2. The Morgan fingerprint density at radius 3 is 2.74 bits per heavy atom. The molecule has 120 valence electrons. The summed E-state index contributed by atoms with van der Waals surface area (Å²) in [5, 5.41) is 2.93. The van der Waals surface area contributed by atoms with Crippen LogP contribution in [0.25, 0.3) is 0 Å². The molecule has 0 atom stereocenters. The highest BCUT2D eigenvalue weighted by molar-refractivity contribution is 6.05. The summed E-state index contributed by atoms with van der Waals surface area (Å²) in [5.74, 6) is 1.35. The fourth-order valence-corrected chi connectivity index (χ4v) is 2.49. The first kappa shape index (κ1) is 15.2. The molecule has 0 aromatic heterocycles. The van der Waals surface area contributed by atoms with E-state index in [0.717, 1.165) is 16.8 Å². The van der Waals surface area contributed by atoms with E-state index >= 15 is 0 Å². The normalized spacial score (nSPS) is 12.7. The van der Waals surface area contributed by atoms with Gasteiger partial charge in [0.25, 0.3) is 5.91 Å². The van der Waals surface area contributed by atoms with Gasteiger partial charge < -0.3 is 19.5 Å². The van der Waals surface area contributed by atoms with E-state index in [-0.39, 0.29) is 5.91 Å². The maximum Gasteiger partial charge on any atom is 0.255 e. The Bertz CT molecular complexity index is 738. The smallest absolute Gasteiger partial charge is 0.255 e. The molecule has 2 aromatic rings. The Kier molecular flexibility index (Phi) is 4.10. The van der Waals surface area contributed by atoms with Crippen molar-refractivity contribution in [2.75, 3.05) is 25.6 Å². The third-order valence-corrected chi connectivity index (χ3v) is 3.94. The van der Waals surface area contributed by atoms with Crippen LogP contribution in [-0.4, -0.2) is 26.2 Å². The van der Waals surface area contributed by atoms with Gasteiger partial charge in [0.15, 0.2) is 11.5 Å². The molecule has 1 amide bonds. The highest BCUT2D eigenvalue weighted by Crippen LogP contribution is 2.40. The van der Waals surface area contributed by atoms with Crippen LogP contribution in [0.2, 0.25) is 0 Å². The molecule has 0 spiro atoms. The molecule has 23 heavy (non-hydrogen) atoms. The Morgan fingerprint density at radius 1 is 1.17 bits per heavy atom. The third kappa shape index (κ3) is 2.95. The number of hydrogen-bond donors (Lipinski definition) is 1. The number of anilines is 1. The van der Waals surface area contributed by atoms with Crippen molar-refractivity contribution >= 4 is 11.6 Å². The monoisotopic (exact) mass is 313 g/mol. The van der Waals surface area contributed by atoms with Crippen LogP contribution in [0.3, 0.4) is 0 Å². The zero-order valence-corrected chi connectivity index (χ0v) is 13.4. The van der Waals surface area contributed by atoms with Crippen molar-refractivity contribution < 1.29 is 19.0 Å². The summed E-state index contributed by atoms with van der Waals surface area (Å²) >= 11 is 0. The van der Waals surface area contributed by atoms with Gasteiger partial charge in [0, 0.05) is 11.3 Å². The summed E-state index contributed by atoms with van der Waals surface area (Å²) in [7, 11) is 1.54. The van der Waals surface area contributed by atoms with E-state index in [4.69, 9.17) is 14.2 Å². The number of aryl methyl sites for hydroxylation is 1. The fourth-order valence-electron chi connectivity index (χ4n) is 2.49. The number of methoxy groups -OCH3 is 1. The first-order chi connectivity index (χ1) is 11.1. The summed E-state index contributed by atoms with van der Waals surface area (Å²) < 4.78 is 16.4. The van der Waals surface area contributed by atoms with Gasteiger partial charge in [-0.2, -0.15) is 0 Å². The number of ether oxygens (including phenoxy) is 3. The summed E-state index contributed by atoms with van der Waals surface area (Å²) in [5.41, 5.74) is 3.43. The van der Waals surface area contributed by atoms with E-state index in [9.17, 15) is 4.79 Å². The molecule has 0 bridgehead atoms. The van der Waals surface area contributed by atoms with Gasteiger partial charge in [-0.1, -0.05) is 12.1 Å². The van der Waals surface area contributed by atoms with Crippen LogP contribution < -0.4 is 19.5 Å². The Hall–Kier alpha value is -2.69. The van der Waals surface area contributed by atoms with Crippen LogP contribution in [0.5, 0.6) is 17.2 Å². The number of hydrogen-bond acceptors (Lipinski definition) is 4. The minimum absolute atomic E-state index is 0.214. The molecule has 1 N–H and O–H groups in total. The van der Waals surface area contributed by atoms with E-state index in [1.807, 2.05) is 32.0 Å². The first-order valence-electron chi connectivity index (χ1n) is 7.45. The molecule has 0 fully saturated rings. The van der Waals surface area contributed by atoms with Crippen LogP contribution in [0.15, 0.2) is 30.3 Å². The molecule has 0 radical (unpaired) electrons. The standard InChI is InChI=1S/C18H19NO4/c1-11-5-4-6-14(12(11)2)19-18(20)13-9-15(21-3)17-16(10-13)22-7-8-23-17/h4-6,9-10H,7-8H2,1-3H3,(H,19,20). The lowest BCUT2D eigenvalue weighted by molar-refractivity contribution is 0.102. The molecule has 3 rings (SSSR count). The molecule has 1 heterocycles. The predicted octanol–water partition coefficient (Wildman–Crippen LogP) is 3.34. The highest BCUT2D eigenvalue weighted by atomic mass is 16.6. The molecule has 0 unspecified atom stereocenters. The van der Waals surface area contributed by atoms with E-state index < -0.39 is 0 Å². The van der Waals surface area contributed by atoms with Gasteiger partial charge in [0.2, 0.25) is 5.75 Å². The lowest BCUT2D eigenvalue weighted by Crippen LogP contribution is -2.18. The Morgan fingerprint density at radius 2 is 1.96 bits per heavy atom. The number of rotatable bonds is 3. The highest BCUT2D eigenvalue weighted by Gasteiger charge is 2.21. The molecular weight excluding hydrogens is 294 g/mol.